The van der Waals surface area contributed by atoms with Gasteiger partial charge in [-0.1, -0.05) is 6.07 Å². The summed E-state index contributed by atoms with van der Waals surface area (Å²) in [5.74, 6) is -1.94. The van der Waals surface area contributed by atoms with Crippen molar-refractivity contribution in [1.29, 1.82) is 0 Å². The van der Waals surface area contributed by atoms with Crippen molar-refractivity contribution in [1.82, 2.24) is 0 Å². The molecule has 2 N–H and O–H groups in total. The second-order valence-corrected chi connectivity index (χ2v) is 6.82. The molecule has 0 bridgehead atoms. The first-order chi connectivity index (χ1) is 15.0. The molecule has 0 unspecified atom stereocenters. The molecule has 0 heterocycles. The van der Waals surface area contributed by atoms with Crippen molar-refractivity contribution >= 4 is 34.9 Å². The fraction of sp³-hybridized carbons (Fsp3) is 0.273. The predicted octanol–water partition coefficient (Wildman–Crippen LogP) is 4.20. The number of hydrogen-bond donors (Lipinski definition) is 2. The Kier molecular flexibility index (Phi) is 8.51. The van der Waals surface area contributed by atoms with Crippen molar-refractivity contribution in [3.8, 4) is 0 Å². The first-order valence-corrected chi connectivity index (χ1v) is 9.58. The largest absolute Gasteiger partial charge is 0.456 e. The minimum atomic E-state index is -4.54. The van der Waals surface area contributed by atoms with Crippen LogP contribution in [0.1, 0.15) is 42.1 Å². The third kappa shape index (κ3) is 8.21. The third-order valence-electron chi connectivity index (χ3n) is 4.20. The molecule has 0 radical (unpaired) electrons. The van der Waals surface area contributed by atoms with Gasteiger partial charge in [-0.05, 0) is 55.8 Å². The van der Waals surface area contributed by atoms with E-state index in [1.54, 1.807) is 24.3 Å². The van der Waals surface area contributed by atoms with Gasteiger partial charge < -0.3 is 15.4 Å². The van der Waals surface area contributed by atoms with Crippen molar-refractivity contribution in [3.63, 3.8) is 0 Å². The normalized spacial score (nSPS) is 10.9. The molecule has 10 heteroatoms. The van der Waals surface area contributed by atoms with Crippen LogP contribution in [0.15, 0.2) is 48.5 Å². The molecule has 0 saturated heterocycles. The van der Waals surface area contributed by atoms with Gasteiger partial charge in [-0.25, -0.2) is 0 Å². The van der Waals surface area contributed by atoms with Gasteiger partial charge in [-0.15, -0.1) is 0 Å². The number of nitrogens with one attached hydrogen (secondary N) is 2. The number of amides is 2. The number of hydrogen-bond acceptors (Lipinski definition) is 5. The maximum absolute atomic E-state index is 12.7. The van der Waals surface area contributed by atoms with Crippen LogP contribution in [0.3, 0.4) is 0 Å². The fourth-order valence-corrected chi connectivity index (χ4v) is 2.59. The van der Waals surface area contributed by atoms with E-state index in [4.69, 9.17) is 4.74 Å². The van der Waals surface area contributed by atoms with Crippen LogP contribution in [0.2, 0.25) is 0 Å². The van der Waals surface area contributed by atoms with Gasteiger partial charge in [0.15, 0.2) is 12.4 Å². The van der Waals surface area contributed by atoms with E-state index in [2.05, 4.69) is 10.6 Å². The lowest BCUT2D eigenvalue weighted by Gasteiger charge is -2.10. The maximum Gasteiger partial charge on any atom is 0.416 e. The molecule has 0 fully saturated rings. The highest BCUT2D eigenvalue weighted by atomic mass is 19.4. The van der Waals surface area contributed by atoms with Crippen molar-refractivity contribution < 1.29 is 37.1 Å². The summed E-state index contributed by atoms with van der Waals surface area (Å²) >= 11 is 0. The third-order valence-corrected chi connectivity index (χ3v) is 4.20. The second-order valence-electron chi connectivity index (χ2n) is 6.82. The number of carbonyl (C=O) groups is 4. The van der Waals surface area contributed by atoms with E-state index in [0.717, 1.165) is 18.2 Å². The zero-order valence-corrected chi connectivity index (χ0v) is 17.1. The number of rotatable bonds is 9. The van der Waals surface area contributed by atoms with Crippen LogP contribution in [0.25, 0.3) is 0 Å². The van der Waals surface area contributed by atoms with E-state index >= 15 is 0 Å². The van der Waals surface area contributed by atoms with Crippen LogP contribution < -0.4 is 10.6 Å². The molecule has 2 amide bonds. The molecule has 2 rings (SSSR count). The summed E-state index contributed by atoms with van der Waals surface area (Å²) in [6, 6.07) is 10.4. The Hall–Kier alpha value is -3.69. The lowest BCUT2D eigenvalue weighted by atomic mass is 10.1. The summed E-state index contributed by atoms with van der Waals surface area (Å²) in [5.41, 5.74) is 0.0333. The first kappa shape index (κ1) is 24.6. The highest BCUT2D eigenvalue weighted by Gasteiger charge is 2.30. The Labute approximate surface area is 181 Å². The Morgan fingerprint density at radius 3 is 2.16 bits per heavy atom. The first-order valence-electron chi connectivity index (χ1n) is 9.58. The summed E-state index contributed by atoms with van der Waals surface area (Å²) in [5, 5.41) is 4.85. The highest BCUT2D eigenvalue weighted by Crippen LogP contribution is 2.30. The lowest BCUT2D eigenvalue weighted by molar-refractivity contribution is -0.147. The monoisotopic (exact) mass is 450 g/mol. The smallest absolute Gasteiger partial charge is 0.416 e. The Morgan fingerprint density at radius 1 is 0.875 bits per heavy atom. The zero-order chi connectivity index (χ0) is 23.7. The minimum Gasteiger partial charge on any atom is -0.456 e. The molecule has 2 aromatic carbocycles. The van der Waals surface area contributed by atoms with Crippen molar-refractivity contribution in [2.24, 2.45) is 0 Å². The van der Waals surface area contributed by atoms with E-state index in [9.17, 15) is 32.3 Å². The topological polar surface area (TPSA) is 102 Å². The Balaban J connectivity index is 1.68. The molecule has 0 aromatic heterocycles. The average Bonchev–Trinajstić information content (AvgIpc) is 2.72. The lowest BCUT2D eigenvalue weighted by Crippen LogP contribution is -2.21. The quantitative estimate of drug-likeness (QED) is 0.441. The SMILES string of the molecule is CC(=O)c1ccc(NC(=O)CCCC(=O)OCC(=O)Nc2cccc(C(F)(F)F)c2)cc1. The van der Waals surface area contributed by atoms with E-state index in [0.29, 0.717) is 11.3 Å². The molecule has 0 spiro atoms. The minimum absolute atomic E-state index is 0.0278. The van der Waals surface area contributed by atoms with Gasteiger partial charge in [-0.2, -0.15) is 13.2 Å². The van der Waals surface area contributed by atoms with Crippen molar-refractivity contribution in [2.75, 3.05) is 17.2 Å². The molecule has 170 valence electrons. The van der Waals surface area contributed by atoms with Crippen LogP contribution in [0.5, 0.6) is 0 Å². The number of halogens is 3. The Morgan fingerprint density at radius 2 is 1.53 bits per heavy atom. The maximum atomic E-state index is 12.7. The fourth-order valence-electron chi connectivity index (χ4n) is 2.59. The number of alkyl halides is 3. The molecule has 0 saturated carbocycles. The van der Waals surface area contributed by atoms with Crippen LogP contribution in [-0.4, -0.2) is 30.2 Å². The number of carbonyl (C=O) groups excluding carboxylic acids is 4. The van der Waals surface area contributed by atoms with Gasteiger partial charge in [-0.3, -0.25) is 19.2 Å². The average molecular weight is 450 g/mol. The standard InChI is InChI=1S/C22H21F3N2O5/c1-14(28)15-8-10-17(11-9-15)26-19(29)6-3-7-21(31)32-13-20(30)27-18-5-2-4-16(12-18)22(23,24)25/h2,4-5,8-12H,3,6-7,13H2,1H3,(H,26,29)(H,27,30). The number of benzene rings is 2. The Bertz CT molecular complexity index is 988. The molecular weight excluding hydrogens is 429 g/mol. The number of ether oxygens (including phenoxy) is 1. The molecule has 0 atom stereocenters. The van der Waals surface area contributed by atoms with E-state index in [1.165, 1.54) is 13.0 Å². The number of Topliss-reactive ketones (excluding diaryl/α,β-unsaturated/α-hetero) is 1. The van der Waals surface area contributed by atoms with E-state index < -0.39 is 30.2 Å². The van der Waals surface area contributed by atoms with Gasteiger partial charge in [0.1, 0.15) is 0 Å². The van der Waals surface area contributed by atoms with Crippen molar-refractivity contribution in [3.05, 3.63) is 59.7 Å². The zero-order valence-electron chi connectivity index (χ0n) is 17.1. The molecule has 32 heavy (non-hydrogen) atoms. The number of esters is 1. The van der Waals surface area contributed by atoms with Gasteiger partial charge in [0.05, 0.1) is 5.56 Å². The second kappa shape index (κ2) is 11.1. The van der Waals surface area contributed by atoms with E-state index in [-0.39, 0.29) is 36.6 Å². The molecule has 7 nitrogen and oxygen atoms in total. The molecule has 0 aliphatic rings. The van der Waals surface area contributed by atoms with Gasteiger partial charge >= 0.3 is 12.1 Å². The van der Waals surface area contributed by atoms with Crippen LogP contribution in [0, 0.1) is 0 Å². The van der Waals surface area contributed by atoms with Crippen LogP contribution in [-0.2, 0) is 25.3 Å². The summed E-state index contributed by atoms with van der Waals surface area (Å²) in [6.07, 6.45) is -4.46. The molecular formula is C22H21F3N2O5. The van der Waals surface area contributed by atoms with E-state index in [1.807, 2.05) is 0 Å². The highest BCUT2D eigenvalue weighted by molar-refractivity contribution is 5.96. The summed E-state index contributed by atoms with van der Waals surface area (Å²) < 4.78 is 42.8. The van der Waals surface area contributed by atoms with Gasteiger partial charge in [0, 0.05) is 29.8 Å². The van der Waals surface area contributed by atoms with Gasteiger partial charge in [0.2, 0.25) is 5.91 Å². The molecule has 0 aliphatic carbocycles. The van der Waals surface area contributed by atoms with Crippen molar-refractivity contribution in [2.45, 2.75) is 32.4 Å². The van der Waals surface area contributed by atoms with Crippen LogP contribution >= 0.6 is 0 Å². The predicted molar refractivity (Wildman–Crippen MR) is 110 cm³/mol. The summed E-state index contributed by atoms with van der Waals surface area (Å²) in [4.78, 5) is 46.6. The summed E-state index contributed by atoms with van der Waals surface area (Å²) in [7, 11) is 0. The molecule has 0 aliphatic heterocycles. The number of anilines is 2. The van der Waals surface area contributed by atoms with Gasteiger partial charge in [0.25, 0.3) is 5.91 Å². The summed E-state index contributed by atoms with van der Waals surface area (Å²) in [6.45, 7) is 0.769. The number of ketones is 1. The molecule has 2 aromatic rings. The van der Waals surface area contributed by atoms with Crippen LogP contribution in [0.4, 0.5) is 24.5 Å².